The van der Waals surface area contributed by atoms with Crippen LogP contribution in [0.1, 0.15) is 37.3 Å². The van der Waals surface area contributed by atoms with Crippen molar-refractivity contribution >= 4 is 29.2 Å². The number of carboxylic acid groups (broad SMARTS) is 1. The fraction of sp³-hybridized carbons (Fsp3) is 0.545. The first kappa shape index (κ1) is 22.7. The summed E-state index contributed by atoms with van der Waals surface area (Å²) < 4.78 is 3.02. The van der Waals surface area contributed by atoms with Crippen molar-refractivity contribution in [2.75, 3.05) is 26.7 Å². The van der Waals surface area contributed by atoms with Gasteiger partial charge in [0.05, 0.1) is 23.6 Å². The van der Waals surface area contributed by atoms with Crippen molar-refractivity contribution < 1.29 is 19.5 Å². The average molecular weight is 431 g/mol. The number of carbonyl (C=O) groups is 3. The van der Waals surface area contributed by atoms with Gasteiger partial charge in [-0.15, -0.1) is 0 Å². The molecule has 1 aromatic carbocycles. The zero-order chi connectivity index (χ0) is 22.5. The van der Waals surface area contributed by atoms with Crippen molar-refractivity contribution in [2.24, 2.45) is 13.0 Å². The van der Waals surface area contributed by atoms with E-state index in [4.69, 9.17) is 5.11 Å². The minimum Gasteiger partial charge on any atom is -0.480 e. The number of rotatable bonds is 9. The molecule has 2 N–H and O–H groups in total. The molecule has 0 spiro atoms. The van der Waals surface area contributed by atoms with Gasteiger partial charge in [0.15, 0.2) is 0 Å². The van der Waals surface area contributed by atoms with Crippen molar-refractivity contribution in [3.8, 4) is 0 Å². The second kappa shape index (κ2) is 9.91. The molecular formula is C22H30N4O5. The van der Waals surface area contributed by atoms with E-state index in [0.29, 0.717) is 11.4 Å². The number of amides is 1. The Bertz CT molecular complexity index is 1020. The molecule has 0 aliphatic carbocycles. The second-order valence-corrected chi connectivity index (χ2v) is 8.27. The normalized spacial score (nSPS) is 16.3. The molecule has 31 heavy (non-hydrogen) atoms. The molecule has 0 radical (unpaired) electrons. The highest BCUT2D eigenvalue weighted by molar-refractivity contribution is 5.79. The van der Waals surface area contributed by atoms with Gasteiger partial charge in [-0.25, -0.2) is 4.79 Å². The van der Waals surface area contributed by atoms with Crippen LogP contribution in [0.2, 0.25) is 0 Å². The average Bonchev–Trinajstić information content (AvgIpc) is 3.00. The number of imidazole rings is 1. The number of aryl methyl sites for hydroxylation is 1. The van der Waals surface area contributed by atoms with E-state index in [1.54, 1.807) is 18.7 Å². The number of aromatic nitrogens is 2. The van der Waals surface area contributed by atoms with E-state index in [1.165, 1.54) is 4.57 Å². The molecule has 9 nitrogen and oxygen atoms in total. The van der Waals surface area contributed by atoms with Gasteiger partial charge < -0.3 is 15.2 Å². The lowest BCUT2D eigenvalue weighted by molar-refractivity contribution is -0.138. The molecule has 168 valence electrons. The number of hydrogen-bond donors (Lipinski definition) is 2. The van der Waals surface area contributed by atoms with Crippen LogP contribution < -0.4 is 11.0 Å². The SMILES string of the molecule is CNC(=O)CCC(C=O)n1c(=O)n(C)c2cc(CC3CCN(CC(=O)O)CC3)ccc21. The Morgan fingerprint density at radius 3 is 2.58 bits per heavy atom. The van der Waals surface area contributed by atoms with Crippen molar-refractivity contribution in [3.05, 3.63) is 34.2 Å². The first-order chi connectivity index (χ1) is 14.8. The standard InChI is InChI=1S/C22H30N4O5/c1-23-20(28)6-4-17(14-27)26-18-5-3-16(12-19(18)24(2)22(26)31)11-15-7-9-25(10-8-15)13-21(29)30/h3,5,12,14-15,17H,4,6-11,13H2,1-2H3,(H,23,28)(H,29,30). The smallest absolute Gasteiger partial charge is 0.329 e. The van der Waals surface area contributed by atoms with Gasteiger partial charge in [0, 0.05) is 20.5 Å². The number of benzene rings is 1. The number of fused-ring (bicyclic) bond motifs is 1. The maximum Gasteiger partial charge on any atom is 0.329 e. The number of hydrogen-bond acceptors (Lipinski definition) is 5. The van der Waals surface area contributed by atoms with E-state index >= 15 is 0 Å². The lowest BCUT2D eigenvalue weighted by atomic mass is 9.90. The van der Waals surface area contributed by atoms with E-state index < -0.39 is 12.0 Å². The number of aldehydes is 1. The fourth-order valence-corrected chi connectivity index (χ4v) is 4.39. The van der Waals surface area contributed by atoms with Crippen molar-refractivity contribution in [2.45, 2.75) is 38.1 Å². The summed E-state index contributed by atoms with van der Waals surface area (Å²) in [7, 11) is 3.23. The fourth-order valence-electron chi connectivity index (χ4n) is 4.39. The first-order valence-electron chi connectivity index (χ1n) is 10.6. The molecule has 3 rings (SSSR count). The Morgan fingerprint density at radius 1 is 1.26 bits per heavy atom. The van der Waals surface area contributed by atoms with E-state index in [2.05, 4.69) is 5.32 Å². The molecule has 1 aliphatic heterocycles. The minimum absolute atomic E-state index is 0.0894. The Balaban J connectivity index is 1.77. The molecule has 2 heterocycles. The van der Waals surface area contributed by atoms with Gasteiger partial charge in [-0.3, -0.25) is 23.6 Å². The quantitative estimate of drug-likeness (QED) is 0.573. The number of aliphatic carboxylic acids is 1. The van der Waals surface area contributed by atoms with Crippen molar-refractivity contribution in [3.63, 3.8) is 0 Å². The van der Waals surface area contributed by atoms with Crippen LogP contribution in [-0.2, 0) is 27.9 Å². The predicted octanol–water partition coefficient (Wildman–Crippen LogP) is 0.945. The van der Waals surface area contributed by atoms with Crippen LogP contribution in [0, 0.1) is 5.92 Å². The Morgan fingerprint density at radius 2 is 1.97 bits per heavy atom. The highest BCUT2D eigenvalue weighted by Gasteiger charge is 2.23. The van der Waals surface area contributed by atoms with E-state index in [-0.39, 0.29) is 31.0 Å². The molecule has 2 aromatic rings. The second-order valence-electron chi connectivity index (χ2n) is 8.27. The maximum absolute atomic E-state index is 12.8. The number of nitrogens with one attached hydrogen (secondary N) is 1. The van der Waals surface area contributed by atoms with Crippen LogP contribution in [-0.4, -0.2) is 64.0 Å². The number of nitrogens with zero attached hydrogens (tertiary/aromatic N) is 3. The molecule has 1 saturated heterocycles. The third-order valence-electron chi connectivity index (χ3n) is 6.18. The van der Waals surface area contributed by atoms with Crippen LogP contribution in [0.25, 0.3) is 11.0 Å². The highest BCUT2D eigenvalue weighted by atomic mass is 16.4. The van der Waals surface area contributed by atoms with Gasteiger partial charge in [0.2, 0.25) is 5.91 Å². The van der Waals surface area contributed by atoms with Gasteiger partial charge >= 0.3 is 11.7 Å². The molecule has 0 saturated carbocycles. The summed E-state index contributed by atoms with van der Waals surface area (Å²) in [6.45, 7) is 1.65. The first-order valence-corrected chi connectivity index (χ1v) is 10.6. The van der Waals surface area contributed by atoms with Crippen LogP contribution in [0.3, 0.4) is 0 Å². The third kappa shape index (κ3) is 5.22. The topological polar surface area (TPSA) is 114 Å². The minimum atomic E-state index is -0.793. The van der Waals surface area contributed by atoms with Gasteiger partial charge in [-0.05, 0) is 62.4 Å². The zero-order valence-electron chi connectivity index (χ0n) is 18.0. The summed E-state index contributed by atoms with van der Waals surface area (Å²) in [6.07, 6.45) is 3.91. The molecule has 9 heteroatoms. The summed E-state index contributed by atoms with van der Waals surface area (Å²) in [5, 5.41) is 11.5. The van der Waals surface area contributed by atoms with Gasteiger partial charge in [-0.2, -0.15) is 0 Å². The molecule has 1 unspecified atom stereocenters. The molecule has 1 aliphatic rings. The molecule has 1 atom stereocenters. The monoisotopic (exact) mass is 430 g/mol. The van der Waals surface area contributed by atoms with E-state index in [0.717, 1.165) is 49.7 Å². The molecular weight excluding hydrogens is 400 g/mol. The Kier molecular flexibility index (Phi) is 7.27. The predicted molar refractivity (Wildman–Crippen MR) is 116 cm³/mol. The summed E-state index contributed by atoms with van der Waals surface area (Å²) in [6, 6.07) is 5.17. The van der Waals surface area contributed by atoms with Gasteiger partial charge in [0.25, 0.3) is 0 Å². The van der Waals surface area contributed by atoms with Crippen molar-refractivity contribution in [1.82, 2.24) is 19.4 Å². The lowest BCUT2D eigenvalue weighted by Crippen LogP contribution is -2.37. The summed E-state index contributed by atoms with van der Waals surface area (Å²) in [5.74, 6) is -0.494. The maximum atomic E-state index is 12.8. The van der Waals surface area contributed by atoms with Crippen molar-refractivity contribution in [1.29, 1.82) is 0 Å². The summed E-state index contributed by atoms with van der Waals surface area (Å²) in [4.78, 5) is 48.9. The summed E-state index contributed by atoms with van der Waals surface area (Å²) in [5.41, 5.74) is 2.28. The highest BCUT2D eigenvalue weighted by Crippen LogP contribution is 2.25. The molecule has 0 bridgehead atoms. The van der Waals surface area contributed by atoms with Crippen LogP contribution in [0.15, 0.2) is 23.0 Å². The van der Waals surface area contributed by atoms with Crippen LogP contribution in [0.5, 0.6) is 0 Å². The molecule has 1 fully saturated rings. The number of carbonyl (C=O) groups excluding carboxylic acids is 2. The van der Waals surface area contributed by atoms with Crippen LogP contribution >= 0.6 is 0 Å². The molecule has 1 aromatic heterocycles. The number of carboxylic acids is 1. The lowest BCUT2D eigenvalue weighted by Gasteiger charge is -2.30. The van der Waals surface area contributed by atoms with Crippen LogP contribution in [0.4, 0.5) is 0 Å². The number of piperidine rings is 1. The Hall–Kier alpha value is -2.94. The van der Waals surface area contributed by atoms with Gasteiger partial charge in [-0.1, -0.05) is 6.07 Å². The summed E-state index contributed by atoms with van der Waals surface area (Å²) >= 11 is 0. The largest absolute Gasteiger partial charge is 0.480 e. The molecule has 1 amide bonds. The van der Waals surface area contributed by atoms with E-state index in [1.807, 2.05) is 23.1 Å². The third-order valence-corrected chi connectivity index (χ3v) is 6.18. The van der Waals surface area contributed by atoms with Gasteiger partial charge in [0.1, 0.15) is 6.29 Å². The zero-order valence-corrected chi connectivity index (χ0v) is 18.0. The number of likely N-dealkylation sites (tertiary alicyclic amines) is 1. The van der Waals surface area contributed by atoms with E-state index in [9.17, 15) is 19.2 Å². The Labute approximate surface area is 180 Å².